The van der Waals surface area contributed by atoms with Crippen LogP contribution in [0.15, 0.2) is 58.4 Å². The Hall–Kier alpha value is -2.28. The lowest BCUT2D eigenvalue weighted by Crippen LogP contribution is -2.36. The van der Waals surface area contributed by atoms with Gasteiger partial charge in [0.2, 0.25) is 0 Å². The molecule has 2 heterocycles. The Morgan fingerprint density at radius 3 is 2.42 bits per heavy atom. The van der Waals surface area contributed by atoms with Crippen LogP contribution in [0.4, 0.5) is 11.4 Å². The maximum atomic E-state index is 13.1. The van der Waals surface area contributed by atoms with Crippen LogP contribution in [-0.2, 0) is 9.53 Å². The van der Waals surface area contributed by atoms with E-state index in [2.05, 4.69) is 43.0 Å². The monoisotopic (exact) mass is 455 g/mol. The van der Waals surface area contributed by atoms with Gasteiger partial charge in [-0.2, -0.15) is 0 Å². The minimum absolute atomic E-state index is 0.00340. The van der Waals surface area contributed by atoms with Crippen molar-refractivity contribution < 1.29 is 9.53 Å². The second-order valence-corrected chi connectivity index (χ2v) is 9.43. The highest BCUT2D eigenvalue weighted by Gasteiger charge is 2.33. The second kappa shape index (κ2) is 9.90. The summed E-state index contributed by atoms with van der Waals surface area (Å²) < 4.78 is 5.43. The van der Waals surface area contributed by atoms with E-state index in [0.29, 0.717) is 27.6 Å². The van der Waals surface area contributed by atoms with Gasteiger partial charge in [0.15, 0.2) is 5.17 Å². The lowest BCUT2D eigenvalue weighted by Gasteiger charge is -2.28. The Kier molecular flexibility index (Phi) is 7.00. The number of benzene rings is 2. The molecule has 162 valence electrons. The number of carbonyl (C=O) groups is 1. The van der Waals surface area contributed by atoms with Gasteiger partial charge in [-0.15, -0.1) is 0 Å². The molecule has 0 aromatic heterocycles. The second-order valence-electron chi connectivity index (χ2n) is 7.98. The van der Waals surface area contributed by atoms with Gasteiger partial charge in [-0.05, 0) is 65.7 Å². The average molecular weight is 456 g/mol. The number of nitrogens with zero attached hydrogens (tertiary/aromatic N) is 3. The Labute approximate surface area is 192 Å². The fourth-order valence-corrected chi connectivity index (χ4v) is 4.63. The molecule has 2 aromatic rings. The third-order valence-electron chi connectivity index (χ3n) is 5.05. The minimum atomic E-state index is 0.00340. The molecule has 0 N–H and O–H groups in total. The molecule has 31 heavy (non-hydrogen) atoms. The fraction of sp³-hybridized carbons (Fsp3) is 0.333. The van der Waals surface area contributed by atoms with Crippen molar-refractivity contribution in [3.8, 4) is 0 Å². The zero-order valence-corrected chi connectivity index (χ0v) is 19.3. The summed E-state index contributed by atoms with van der Waals surface area (Å²) in [5.74, 6) is 0.343. The Morgan fingerprint density at radius 2 is 1.77 bits per heavy atom. The van der Waals surface area contributed by atoms with Crippen molar-refractivity contribution in [1.29, 1.82) is 0 Å². The van der Waals surface area contributed by atoms with E-state index in [0.717, 1.165) is 37.6 Å². The topological polar surface area (TPSA) is 45.1 Å². The number of rotatable bonds is 5. The summed E-state index contributed by atoms with van der Waals surface area (Å²) in [6.45, 7) is 8.17. The summed E-state index contributed by atoms with van der Waals surface area (Å²) in [7, 11) is 0. The first-order valence-corrected chi connectivity index (χ1v) is 11.7. The Balaban J connectivity index is 1.56. The third-order valence-corrected chi connectivity index (χ3v) is 6.31. The molecule has 4 rings (SSSR count). The molecule has 2 fully saturated rings. The lowest BCUT2D eigenvalue weighted by atomic mass is 10.1. The van der Waals surface area contributed by atoms with E-state index in [1.54, 1.807) is 4.90 Å². The van der Waals surface area contributed by atoms with Crippen molar-refractivity contribution in [2.24, 2.45) is 10.9 Å². The van der Waals surface area contributed by atoms with E-state index in [9.17, 15) is 4.79 Å². The molecular weight excluding hydrogens is 430 g/mol. The average Bonchev–Trinajstić information content (AvgIpc) is 3.05. The van der Waals surface area contributed by atoms with E-state index in [1.807, 2.05) is 30.3 Å². The molecule has 2 saturated heterocycles. The van der Waals surface area contributed by atoms with Gasteiger partial charge in [-0.25, -0.2) is 4.99 Å². The summed E-state index contributed by atoms with van der Waals surface area (Å²) in [5.41, 5.74) is 2.97. The molecular formula is C24H26ClN3O2S. The van der Waals surface area contributed by atoms with Gasteiger partial charge in [0.05, 0.1) is 23.8 Å². The van der Waals surface area contributed by atoms with Crippen LogP contribution in [0.3, 0.4) is 0 Å². The summed E-state index contributed by atoms with van der Waals surface area (Å²) in [4.78, 5) is 22.6. The van der Waals surface area contributed by atoms with Gasteiger partial charge >= 0.3 is 0 Å². The molecule has 2 aromatic carbocycles. The van der Waals surface area contributed by atoms with Crippen molar-refractivity contribution in [1.82, 2.24) is 4.90 Å². The number of ether oxygens (including phenoxy) is 1. The first-order valence-electron chi connectivity index (χ1n) is 10.5. The van der Waals surface area contributed by atoms with Gasteiger partial charge in [-0.3, -0.25) is 9.69 Å². The highest BCUT2D eigenvalue weighted by Crippen LogP contribution is 2.35. The fourth-order valence-electron chi connectivity index (χ4n) is 3.50. The van der Waals surface area contributed by atoms with Crippen LogP contribution < -0.4 is 4.90 Å². The zero-order chi connectivity index (χ0) is 21.8. The van der Waals surface area contributed by atoms with Gasteiger partial charge in [0, 0.05) is 30.3 Å². The number of amidine groups is 1. The number of thioether (sulfide) groups is 1. The van der Waals surface area contributed by atoms with Crippen molar-refractivity contribution >= 4 is 51.9 Å². The van der Waals surface area contributed by atoms with Gasteiger partial charge in [0.25, 0.3) is 5.91 Å². The van der Waals surface area contributed by atoms with Crippen LogP contribution in [0.1, 0.15) is 19.4 Å². The third kappa shape index (κ3) is 5.50. The molecule has 5 nitrogen and oxygen atoms in total. The molecule has 0 atom stereocenters. The number of halogens is 1. The quantitative estimate of drug-likeness (QED) is 0.563. The molecule has 0 aliphatic carbocycles. The highest BCUT2D eigenvalue weighted by molar-refractivity contribution is 8.18. The van der Waals surface area contributed by atoms with Crippen LogP contribution in [-0.4, -0.2) is 48.8 Å². The van der Waals surface area contributed by atoms with Crippen molar-refractivity contribution in [3.63, 3.8) is 0 Å². The molecule has 0 unspecified atom stereocenters. The van der Waals surface area contributed by atoms with E-state index in [1.165, 1.54) is 17.4 Å². The minimum Gasteiger partial charge on any atom is -0.378 e. The molecule has 0 bridgehead atoms. The van der Waals surface area contributed by atoms with Gasteiger partial charge in [0.1, 0.15) is 0 Å². The Morgan fingerprint density at radius 1 is 1.10 bits per heavy atom. The SMILES string of the molecule is CC(C)CN1C(=O)/C(=C/c2ccc(N3CCOCC3)cc2)SC1=Nc1ccc(Cl)cc1. The van der Waals surface area contributed by atoms with Crippen molar-refractivity contribution in [2.45, 2.75) is 13.8 Å². The predicted octanol–water partition coefficient (Wildman–Crippen LogP) is 5.44. The standard InChI is InChI=1S/C24H26ClN3O2S/c1-17(2)16-28-23(29)22(31-24(28)26-20-7-5-19(25)6-8-20)15-18-3-9-21(10-4-18)27-11-13-30-14-12-27/h3-10,15,17H,11-14,16H2,1-2H3/b22-15-,26-24?. The van der Waals surface area contributed by atoms with Crippen LogP contribution >= 0.6 is 23.4 Å². The molecule has 2 aliphatic heterocycles. The molecule has 0 spiro atoms. The number of hydrogen-bond donors (Lipinski definition) is 0. The van der Waals surface area contributed by atoms with Crippen molar-refractivity contribution in [3.05, 3.63) is 64.0 Å². The Bertz CT molecular complexity index is 981. The number of amides is 1. The van der Waals surface area contributed by atoms with E-state index < -0.39 is 0 Å². The maximum absolute atomic E-state index is 13.1. The maximum Gasteiger partial charge on any atom is 0.266 e. The predicted molar refractivity (Wildman–Crippen MR) is 130 cm³/mol. The number of morpholine rings is 1. The van der Waals surface area contributed by atoms with Crippen molar-refractivity contribution in [2.75, 3.05) is 37.7 Å². The van der Waals surface area contributed by atoms with E-state index in [4.69, 9.17) is 21.3 Å². The normalized spacial score (nSPS) is 19.8. The summed E-state index contributed by atoms with van der Waals surface area (Å²) in [5, 5.41) is 1.37. The summed E-state index contributed by atoms with van der Waals surface area (Å²) in [6, 6.07) is 15.7. The van der Waals surface area contributed by atoms with Gasteiger partial charge < -0.3 is 9.64 Å². The smallest absolute Gasteiger partial charge is 0.266 e. The number of anilines is 1. The summed E-state index contributed by atoms with van der Waals surface area (Å²) in [6.07, 6.45) is 1.95. The molecule has 2 aliphatic rings. The zero-order valence-electron chi connectivity index (χ0n) is 17.8. The first-order chi connectivity index (χ1) is 15.0. The number of hydrogen-bond acceptors (Lipinski definition) is 5. The highest BCUT2D eigenvalue weighted by atomic mass is 35.5. The molecule has 0 radical (unpaired) electrons. The van der Waals surface area contributed by atoms with Crippen LogP contribution in [0.25, 0.3) is 6.08 Å². The molecule has 0 saturated carbocycles. The summed E-state index contributed by atoms with van der Waals surface area (Å²) >= 11 is 7.41. The lowest BCUT2D eigenvalue weighted by molar-refractivity contribution is -0.122. The molecule has 7 heteroatoms. The van der Waals surface area contributed by atoms with E-state index in [-0.39, 0.29) is 5.91 Å². The van der Waals surface area contributed by atoms with Crippen LogP contribution in [0.5, 0.6) is 0 Å². The van der Waals surface area contributed by atoms with Gasteiger partial charge in [-0.1, -0.05) is 37.6 Å². The number of aliphatic imine (C=N–C) groups is 1. The first kappa shape index (κ1) is 21.9. The van der Waals surface area contributed by atoms with Crippen LogP contribution in [0.2, 0.25) is 5.02 Å². The van der Waals surface area contributed by atoms with E-state index >= 15 is 0 Å². The largest absolute Gasteiger partial charge is 0.378 e. The van der Waals surface area contributed by atoms with Crippen LogP contribution in [0, 0.1) is 5.92 Å². The number of carbonyl (C=O) groups excluding carboxylic acids is 1. The molecule has 1 amide bonds.